The van der Waals surface area contributed by atoms with Gasteiger partial charge in [-0.3, -0.25) is 4.79 Å². The van der Waals surface area contributed by atoms with Crippen molar-refractivity contribution in [3.63, 3.8) is 0 Å². The molecule has 0 bridgehead atoms. The van der Waals surface area contributed by atoms with Crippen molar-refractivity contribution in [2.24, 2.45) is 0 Å². The minimum Gasteiger partial charge on any atom is -0.481 e. The van der Waals surface area contributed by atoms with E-state index in [1.165, 1.54) is 0 Å². The van der Waals surface area contributed by atoms with E-state index in [-0.39, 0.29) is 24.5 Å². The maximum atomic E-state index is 12.1. The Morgan fingerprint density at radius 2 is 2.17 bits per heavy atom. The van der Waals surface area contributed by atoms with Gasteiger partial charge in [-0.25, -0.2) is 4.79 Å². The third-order valence-electron chi connectivity index (χ3n) is 3.39. The van der Waals surface area contributed by atoms with Gasteiger partial charge in [-0.1, -0.05) is 13.8 Å². The highest BCUT2D eigenvalue weighted by atomic mass is 32.2. The van der Waals surface area contributed by atoms with E-state index in [4.69, 9.17) is 5.11 Å². The van der Waals surface area contributed by atoms with Gasteiger partial charge in [-0.05, 0) is 13.3 Å². The first kappa shape index (κ1) is 15.1. The van der Waals surface area contributed by atoms with E-state index in [0.29, 0.717) is 11.7 Å². The molecule has 18 heavy (non-hydrogen) atoms. The zero-order valence-corrected chi connectivity index (χ0v) is 12.0. The zero-order valence-electron chi connectivity index (χ0n) is 11.2. The maximum Gasteiger partial charge on any atom is 0.317 e. The number of urea groups is 1. The molecule has 0 aromatic carbocycles. The molecular formula is C12H22N2O3S. The minimum absolute atomic E-state index is 0.0191. The highest BCUT2D eigenvalue weighted by Gasteiger charge is 2.29. The Labute approximate surface area is 112 Å². The molecule has 1 heterocycles. The molecule has 1 aliphatic rings. The van der Waals surface area contributed by atoms with Crippen LogP contribution in [0.5, 0.6) is 0 Å². The summed E-state index contributed by atoms with van der Waals surface area (Å²) in [6.07, 6.45) is 0.610. The van der Waals surface area contributed by atoms with Gasteiger partial charge in [0, 0.05) is 29.6 Å². The molecule has 1 rings (SSSR count). The van der Waals surface area contributed by atoms with Crippen LogP contribution < -0.4 is 5.32 Å². The molecule has 5 nitrogen and oxygen atoms in total. The predicted octanol–water partition coefficient (Wildman–Crippen LogP) is 1.78. The van der Waals surface area contributed by atoms with E-state index < -0.39 is 5.97 Å². The molecule has 0 aliphatic carbocycles. The number of nitrogens with zero attached hydrogens (tertiary/aromatic N) is 1. The zero-order chi connectivity index (χ0) is 13.7. The van der Waals surface area contributed by atoms with Crippen molar-refractivity contribution in [3.05, 3.63) is 0 Å². The van der Waals surface area contributed by atoms with Crippen molar-refractivity contribution in [3.8, 4) is 0 Å². The van der Waals surface area contributed by atoms with Crippen molar-refractivity contribution in [1.29, 1.82) is 0 Å². The minimum atomic E-state index is -0.877. The highest BCUT2D eigenvalue weighted by Crippen LogP contribution is 2.24. The van der Waals surface area contributed by atoms with Crippen LogP contribution in [0.15, 0.2) is 0 Å². The molecule has 2 amide bonds. The number of carbonyl (C=O) groups is 2. The number of amides is 2. The van der Waals surface area contributed by atoms with Crippen LogP contribution in [0.4, 0.5) is 4.79 Å². The Morgan fingerprint density at radius 3 is 2.72 bits per heavy atom. The first-order chi connectivity index (χ1) is 8.45. The maximum absolute atomic E-state index is 12.1. The van der Waals surface area contributed by atoms with Gasteiger partial charge < -0.3 is 15.3 Å². The van der Waals surface area contributed by atoms with Crippen LogP contribution in [0.25, 0.3) is 0 Å². The van der Waals surface area contributed by atoms with Crippen molar-refractivity contribution >= 4 is 23.8 Å². The van der Waals surface area contributed by atoms with Gasteiger partial charge in [-0.15, -0.1) is 0 Å². The standard InChI is InChI=1S/C12H22N2O3S/c1-4-10(7-11(15)16)13-12(17)14-5-6-18-9(3)8(14)2/h8-10H,4-7H2,1-3H3,(H,13,17)(H,15,16). The molecule has 1 saturated heterocycles. The lowest BCUT2D eigenvalue weighted by Gasteiger charge is -2.38. The number of hydrogen-bond acceptors (Lipinski definition) is 3. The summed E-state index contributed by atoms with van der Waals surface area (Å²) in [7, 11) is 0. The van der Waals surface area contributed by atoms with Gasteiger partial charge in [-0.2, -0.15) is 11.8 Å². The third kappa shape index (κ3) is 4.08. The average molecular weight is 274 g/mol. The van der Waals surface area contributed by atoms with E-state index >= 15 is 0 Å². The van der Waals surface area contributed by atoms with Crippen LogP contribution in [0.2, 0.25) is 0 Å². The lowest BCUT2D eigenvalue weighted by Crippen LogP contribution is -2.54. The second kappa shape index (κ2) is 6.87. The molecule has 0 saturated carbocycles. The van der Waals surface area contributed by atoms with Gasteiger partial charge in [0.1, 0.15) is 0 Å². The van der Waals surface area contributed by atoms with Crippen LogP contribution in [0, 0.1) is 0 Å². The molecule has 6 heteroatoms. The summed E-state index contributed by atoms with van der Waals surface area (Å²) in [5.41, 5.74) is 0. The first-order valence-electron chi connectivity index (χ1n) is 6.36. The summed E-state index contributed by atoms with van der Waals surface area (Å²) >= 11 is 1.87. The van der Waals surface area contributed by atoms with E-state index in [2.05, 4.69) is 12.2 Å². The summed E-state index contributed by atoms with van der Waals surface area (Å²) in [4.78, 5) is 24.6. The molecule has 2 N–H and O–H groups in total. The predicted molar refractivity (Wildman–Crippen MR) is 73.0 cm³/mol. The number of carboxylic acid groups (broad SMARTS) is 1. The number of carbonyl (C=O) groups excluding carboxylic acids is 1. The summed E-state index contributed by atoms with van der Waals surface area (Å²) in [6, 6.07) is -0.235. The fourth-order valence-corrected chi connectivity index (χ4v) is 3.08. The Bertz CT molecular complexity index is 312. The summed E-state index contributed by atoms with van der Waals surface area (Å²) in [5, 5.41) is 12.0. The van der Waals surface area contributed by atoms with Gasteiger partial charge in [0.05, 0.1) is 6.42 Å². The summed E-state index contributed by atoms with van der Waals surface area (Å²) in [5.74, 6) is 0.0621. The van der Waals surface area contributed by atoms with Gasteiger partial charge >= 0.3 is 12.0 Å². The highest BCUT2D eigenvalue weighted by molar-refractivity contribution is 8.00. The Morgan fingerprint density at radius 1 is 1.50 bits per heavy atom. The number of nitrogens with one attached hydrogen (secondary N) is 1. The first-order valence-corrected chi connectivity index (χ1v) is 7.41. The normalized spacial score (nSPS) is 25.6. The number of hydrogen-bond donors (Lipinski definition) is 2. The van der Waals surface area contributed by atoms with E-state index in [9.17, 15) is 9.59 Å². The molecule has 3 unspecified atom stereocenters. The van der Waals surface area contributed by atoms with Gasteiger partial charge in [0.2, 0.25) is 0 Å². The second-order valence-corrected chi connectivity index (χ2v) is 6.15. The molecule has 1 aliphatic heterocycles. The number of thioether (sulfide) groups is 1. The summed E-state index contributed by atoms with van der Waals surface area (Å²) in [6.45, 7) is 6.76. The Balaban J connectivity index is 2.55. The Kier molecular flexibility index (Phi) is 5.78. The molecule has 3 atom stereocenters. The molecule has 0 aromatic rings. The van der Waals surface area contributed by atoms with Crippen LogP contribution in [-0.4, -0.2) is 51.6 Å². The third-order valence-corrected chi connectivity index (χ3v) is 4.72. The van der Waals surface area contributed by atoms with Crippen LogP contribution in [-0.2, 0) is 4.79 Å². The number of carboxylic acids is 1. The second-order valence-electron chi connectivity index (χ2n) is 4.66. The molecule has 0 radical (unpaired) electrons. The molecule has 104 valence electrons. The molecular weight excluding hydrogens is 252 g/mol. The largest absolute Gasteiger partial charge is 0.481 e. The Hall–Kier alpha value is -0.910. The quantitative estimate of drug-likeness (QED) is 0.820. The monoisotopic (exact) mass is 274 g/mol. The van der Waals surface area contributed by atoms with Crippen LogP contribution in [0.3, 0.4) is 0 Å². The van der Waals surface area contributed by atoms with Crippen LogP contribution in [0.1, 0.15) is 33.6 Å². The topological polar surface area (TPSA) is 69.6 Å². The van der Waals surface area contributed by atoms with E-state index in [1.807, 2.05) is 30.5 Å². The number of aliphatic carboxylic acids is 1. The molecule has 1 fully saturated rings. The van der Waals surface area contributed by atoms with Crippen molar-refractivity contribution in [1.82, 2.24) is 10.2 Å². The fourth-order valence-electron chi connectivity index (χ4n) is 1.99. The smallest absolute Gasteiger partial charge is 0.317 e. The van der Waals surface area contributed by atoms with Gasteiger partial charge in [0.25, 0.3) is 0 Å². The van der Waals surface area contributed by atoms with E-state index in [0.717, 1.165) is 12.3 Å². The molecule has 0 spiro atoms. The average Bonchev–Trinajstić information content (AvgIpc) is 2.31. The van der Waals surface area contributed by atoms with Crippen molar-refractivity contribution in [2.45, 2.75) is 50.9 Å². The summed E-state index contributed by atoms with van der Waals surface area (Å²) < 4.78 is 0. The van der Waals surface area contributed by atoms with Gasteiger partial charge in [0.15, 0.2) is 0 Å². The van der Waals surface area contributed by atoms with Crippen LogP contribution >= 0.6 is 11.8 Å². The molecule has 0 aromatic heterocycles. The van der Waals surface area contributed by atoms with E-state index in [1.54, 1.807) is 0 Å². The fraction of sp³-hybridized carbons (Fsp3) is 0.833. The lowest BCUT2D eigenvalue weighted by atomic mass is 10.1. The lowest BCUT2D eigenvalue weighted by molar-refractivity contribution is -0.137. The SMILES string of the molecule is CCC(CC(=O)O)NC(=O)N1CCSC(C)C1C. The number of rotatable bonds is 4. The van der Waals surface area contributed by atoms with Crippen molar-refractivity contribution in [2.75, 3.05) is 12.3 Å². The van der Waals surface area contributed by atoms with Crippen molar-refractivity contribution < 1.29 is 14.7 Å².